The number of anilines is 1. The molecule has 0 N–H and O–H groups in total. The summed E-state index contributed by atoms with van der Waals surface area (Å²) in [5.74, 6) is 0.568. The van der Waals surface area contributed by atoms with E-state index in [1.807, 2.05) is 0 Å². The van der Waals surface area contributed by atoms with E-state index in [4.69, 9.17) is 16.3 Å². The minimum atomic E-state index is -0.154. The predicted octanol–water partition coefficient (Wildman–Crippen LogP) is 3.58. The van der Waals surface area contributed by atoms with Crippen molar-refractivity contribution in [1.82, 2.24) is 0 Å². The van der Waals surface area contributed by atoms with E-state index >= 15 is 0 Å². The second-order valence-corrected chi connectivity index (χ2v) is 5.46. The van der Waals surface area contributed by atoms with Gasteiger partial charge in [0.1, 0.15) is 5.75 Å². The number of fused-ring (bicyclic) bond motifs is 1. The van der Waals surface area contributed by atoms with E-state index in [0.29, 0.717) is 40.6 Å². The van der Waals surface area contributed by atoms with E-state index in [-0.39, 0.29) is 11.7 Å². The smallest absolute Gasteiger partial charge is 0.258 e. The third kappa shape index (κ3) is 2.57. The monoisotopic (exact) mass is 315 g/mol. The van der Waals surface area contributed by atoms with Crippen LogP contribution in [0, 0.1) is 0 Å². The fraction of sp³-hybridized carbons (Fsp3) is 0.176. The molecule has 1 aliphatic heterocycles. The highest BCUT2D eigenvalue weighted by atomic mass is 35.5. The molecule has 0 atom stereocenters. The molecule has 0 aromatic heterocycles. The molecule has 0 aliphatic carbocycles. The van der Waals surface area contributed by atoms with Gasteiger partial charge in [-0.05, 0) is 42.5 Å². The fourth-order valence-electron chi connectivity index (χ4n) is 2.53. The van der Waals surface area contributed by atoms with Crippen molar-refractivity contribution in [2.75, 3.05) is 18.6 Å². The van der Waals surface area contributed by atoms with E-state index < -0.39 is 0 Å². The first-order valence-electron chi connectivity index (χ1n) is 6.89. The molecule has 5 heteroatoms. The Hall–Kier alpha value is -2.33. The lowest BCUT2D eigenvalue weighted by atomic mass is 9.99. The Morgan fingerprint density at radius 2 is 1.91 bits per heavy atom. The van der Waals surface area contributed by atoms with Crippen molar-refractivity contribution in [3.63, 3.8) is 0 Å². The first kappa shape index (κ1) is 14.6. The fourth-order valence-corrected chi connectivity index (χ4v) is 2.70. The van der Waals surface area contributed by atoms with E-state index in [1.165, 1.54) is 0 Å². The van der Waals surface area contributed by atoms with Gasteiger partial charge in [0.15, 0.2) is 5.78 Å². The van der Waals surface area contributed by atoms with Gasteiger partial charge in [0.05, 0.1) is 12.8 Å². The summed E-state index contributed by atoms with van der Waals surface area (Å²) in [4.78, 5) is 26.3. The lowest BCUT2D eigenvalue weighted by molar-refractivity contribution is 0.0955. The normalized spacial score (nSPS) is 13.7. The Labute approximate surface area is 133 Å². The van der Waals surface area contributed by atoms with Crippen molar-refractivity contribution < 1.29 is 14.3 Å². The third-order valence-corrected chi connectivity index (χ3v) is 3.93. The zero-order valence-corrected chi connectivity index (χ0v) is 12.8. The van der Waals surface area contributed by atoms with Crippen LogP contribution in [0.1, 0.15) is 27.1 Å². The largest absolute Gasteiger partial charge is 0.497 e. The Bertz CT molecular complexity index is 740. The minimum Gasteiger partial charge on any atom is -0.497 e. The number of hydrogen-bond acceptors (Lipinski definition) is 3. The molecule has 2 aromatic rings. The summed E-state index contributed by atoms with van der Waals surface area (Å²) >= 11 is 6.01. The number of ether oxygens (including phenoxy) is 1. The van der Waals surface area contributed by atoms with Gasteiger partial charge in [-0.1, -0.05) is 11.6 Å². The second-order valence-electron chi connectivity index (χ2n) is 5.02. The van der Waals surface area contributed by atoms with Crippen LogP contribution in [-0.2, 0) is 0 Å². The van der Waals surface area contributed by atoms with Gasteiger partial charge in [0, 0.05) is 29.1 Å². The van der Waals surface area contributed by atoms with Crippen LogP contribution in [0.4, 0.5) is 5.69 Å². The van der Waals surface area contributed by atoms with Gasteiger partial charge in [-0.15, -0.1) is 0 Å². The zero-order chi connectivity index (χ0) is 15.7. The molecule has 0 radical (unpaired) electrons. The number of carbonyl (C=O) groups excluding carboxylic acids is 2. The lowest BCUT2D eigenvalue weighted by Gasteiger charge is -2.29. The molecule has 2 aromatic carbocycles. The van der Waals surface area contributed by atoms with Gasteiger partial charge in [0.25, 0.3) is 5.91 Å². The summed E-state index contributed by atoms with van der Waals surface area (Å²) in [5.41, 5.74) is 1.66. The highest BCUT2D eigenvalue weighted by Gasteiger charge is 2.28. The molecule has 1 heterocycles. The van der Waals surface area contributed by atoms with Gasteiger partial charge in [0.2, 0.25) is 0 Å². The standard InChI is InChI=1S/C17H14ClNO3/c1-22-13-5-2-11(3-6-13)17(21)19-9-8-16(20)14-7-4-12(18)10-15(14)19/h2-7,10H,8-9H2,1H3. The molecule has 0 spiro atoms. The Morgan fingerprint density at radius 1 is 1.18 bits per heavy atom. The van der Waals surface area contributed by atoms with E-state index in [2.05, 4.69) is 0 Å². The quantitative estimate of drug-likeness (QED) is 0.851. The number of carbonyl (C=O) groups is 2. The molecule has 22 heavy (non-hydrogen) atoms. The number of benzene rings is 2. The Kier molecular flexibility index (Phi) is 3.86. The number of methoxy groups -OCH3 is 1. The summed E-state index contributed by atoms with van der Waals surface area (Å²) in [6, 6.07) is 11.9. The molecule has 4 nitrogen and oxygen atoms in total. The molecule has 1 amide bonds. The SMILES string of the molecule is COc1ccc(C(=O)N2CCC(=O)c3ccc(Cl)cc32)cc1. The van der Waals surface area contributed by atoms with Crippen LogP contribution in [0.3, 0.4) is 0 Å². The van der Waals surface area contributed by atoms with Crippen LogP contribution >= 0.6 is 11.6 Å². The van der Waals surface area contributed by atoms with Crippen LogP contribution in [0.2, 0.25) is 5.02 Å². The molecule has 3 rings (SSSR count). The van der Waals surface area contributed by atoms with Crippen molar-refractivity contribution >= 4 is 29.0 Å². The average Bonchev–Trinajstić information content (AvgIpc) is 2.54. The van der Waals surface area contributed by atoms with E-state index in [1.54, 1.807) is 54.5 Å². The maximum Gasteiger partial charge on any atom is 0.258 e. The number of nitrogens with zero attached hydrogens (tertiary/aromatic N) is 1. The molecule has 1 aliphatic rings. The van der Waals surface area contributed by atoms with E-state index in [9.17, 15) is 9.59 Å². The topological polar surface area (TPSA) is 46.6 Å². The maximum absolute atomic E-state index is 12.7. The first-order valence-corrected chi connectivity index (χ1v) is 7.26. The Morgan fingerprint density at radius 3 is 2.59 bits per heavy atom. The molecule has 0 bridgehead atoms. The van der Waals surface area contributed by atoms with Gasteiger partial charge in [-0.2, -0.15) is 0 Å². The van der Waals surface area contributed by atoms with Gasteiger partial charge >= 0.3 is 0 Å². The molecule has 0 fully saturated rings. The lowest BCUT2D eigenvalue weighted by Crippen LogP contribution is -2.37. The number of hydrogen-bond donors (Lipinski definition) is 0. The molecule has 0 saturated carbocycles. The number of ketones is 1. The van der Waals surface area contributed by atoms with Crippen LogP contribution in [0.25, 0.3) is 0 Å². The summed E-state index contributed by atoms with van der Waals surface area (Å²) in [6.07, 6.45) is 0.316. The van der Waals surface area contributed by atoms with Crippen LogP contribution in [-0.4, -0.2) is 25.3 Å². The van der Waals surface area contributed by atoms with Crippen molar-refractivity contribution in [2.45, 2.75) is 6.42 Å². The van der Waals surface area contributed by atoms with Crippen molar-refractivity contribution in [2.24, 2.45) is 0 Å². The highest BCUT2D eigenvalue weighted by molar-refractivity contribution is 6.31. The molecular weight excluding hydrogens is 302 g/mol. The van der Waals surface area contributed by atoms with Crippen LogP contribution in [0.15, 0.2) is 42.5 Å². The Balaban J connectivity index is 1.98. The second kappa shape index (κ2) is 5.81. The molecule has 0 saturated heterocycles. The maximum atomic E-state index is 12.7. The number of halogens is 1. The summed E-state index contributed by atoms with van der Waals surface area (Å²) in [7, 11) is 1.57. The van der Waals surface area contributed by atoms with Crippen molar-refractivity contribution in [3.8, 4) is 5.75 Å². The first-order chi connectivity index (χ1) is 10.6. The third-order valence-electron chi connectivity index (χ3n) is 3.70. The minimum absolute atomic E-state index is 0.0328. The molecule has 112 valence electrons. The van der Waals surface area contributed by atoms with Crippen molar-refractivity contribution in [3.05, 3.63) is 58.6 Å². The number of rotatable bonds is 2. The summed E-state index contributed by atoms with van der Waals surface area (Å²) < 4.78 is 5.09. The van der Waals surface area contributed by atoms with Gasteiger partial charge in [-0.3, -0.25) is 9.59 Å². The molecular formula is C17H14ClNO3. The van der Waals surface area contributed by atoms with Crippen LogP contribution < -0.4 is 9.64 Å². The van der Waals surface area contributed by atoms with Crippen molar-refractivity contribution in [1.29, 1.82) is 0 Å². The zero-order valence-electron chi connectivity index (χ0n) is 12.0. The average molecular weight is 316 g/mol. The molecule has 0 unspecified atom stereocenters. The van der Waals surface area contributed by atoms with Gasteiger partial charge in [-0.25, -0.2) is 0 Å². The predicted molar refractivity (Wildman–Crippen MR) is 85.1 cm³/mol. The van der Waals surface area contributed by atoms with Crippen LogP contribution in [0.5, 0.6) is 5.75 Å². The summed E-state index contributed by atoms with van der Waals surface area (Å²) in [6.45, 7) is 0.358. The van der Waals surface area contributed by atoms with E-state index in [0.717, 1.165) is 0 Å². The summed E-state index contributed by atoms with van der Waals surface area (Å²) in [5, 5.41) is 0.501. The number of Topliss-reactive ketones (excluding diaryl/α,β-unsaturated/α-hetero) is 1. The van der Waals surface area contributed by atoms with Gasteiger partial charge < -0.3 is 9.64 Å². The number of amides is 1. The highest BCUT2D eigenvalue weighted by Crippen LogP contribution is 2.31.